The molecule has 0 spiro atoms. The van der Waals surface area contributed by atoms with E-state index in [1.807, 2.05) is 0 Å². The van der Waals surface area contributed by atoms with Crippen LogP contribution < -0.4 is 4.72 Å². The fourth-order valence-electron chi connectivity index (χ4n) is 1.36. The molecule has 0 aromatic heterocycles. The van der Waals surface area contributed by atoms with Crippen molar-refractivity contribution in [3.63, 3.8) is 0 Å². The van der Waals surface area contributed by atoms with Gasteiger partial charge in [0, 0.05) is 17.2 Å². The Bertz CT molecular complexity index is 568. The molecule has 0 saturated heterocycles. The van der Waals surface area contributed by atoms with Crippen molar-refractivity contribution in [1.82, 2.24) is 0 Å². The average Bonchev–Trinajstić information content (AvgIpc) is 2.98. The van der Waals surface area contributed by atoms with Crippen LogP contribution in [-0.4, -0.2) is 18.6 Å². The third-order valence-electron chi connectivity index (χ3n) is 2.32. The van der Waals surface area contributed by atoms with E-state index < -0.39 is 14.9 Å². The van der Waals surface area contributed by atoms with E-state index >= 15 is 0 Å². The van der Waals surface area contributed by atoms with Crippen LogP contribution in [0.5, 0.6) is 0 Å². The molecule has 1 fully saturated rings. The largest absolute Gasteiger partial charge is 0.283 e. The van der Waals surface area contributed by atoms with Crippen LogP contribution in [0, 0.1) is 10.1 Å². The number of nitrogens with zero attached hydrogens (tertiary/aromatic N) is 1. The molecule has 6 nitrogen and oxygen atoms in total. The van der Waals surface area contributed by atoms with Gasteiger partial charge in [-0.1, -0.05) is 11.6 Å². The maximum Gasteiger partial charge on any atom is 0.273 e. The lowest BCUT2D eigenvalue weighted by Crippen LogP contribution is -2.17. The van der Waals surface area contributed by atoms with Crippen molar-refractivity contribution < 1.29 is 13.3 Å². The number of hydrogen-bond acceptors (Lipinski definition) is 4. The molecule has 0 heterocycles. The summed E-state index contributed by atoms with van der Waals surface area (Å²) in [5.74, 6) is 0. The topological polar surface area (TPSA) is 89.3 Å². The van der Waals surface area contributed by atoms with Gasteiger partial charge in [-0.2, -0.15) is 0 Å². The van der Waals surface area contributed by atoms with Crippen LogP contribution in [0.3, 0.4) is 0 Å². The van der Waals surface area contributed by atoms with Gasteiger partial charge in [-0.05, 0) is 18.9 Å². The number of halogens is 1. The number of non-ortho nitro benzene ring substituents is 1. The number of hydrogen-bond donors (Lipinski definition) is 1. The van der Waals surface area contributed by atoms with Gasteiger partial charge in [0.2, 0.25) is 10.0 Å². The van der Waals surface area contributed by atoms with Gasteiger partial charge >= 0.3 is 0 Å². The van der Waals surface area contributed by atoms with Crippen LogP contribution in [0.4, 0.5) is 11.4 Å². The van der Waals surface area contributed by atoms with Crippen LogP contribution in [-0.2, 0) is 10.0 Å². The Labute approximate surface area is 103 Å². The van der Waals surface area contributed by atoms with Crippen LogP contribution in [0.2, 0.25) is 5.02 Å². The van der Waals surface area contributed by atoms with Gasteiger partial charge < -0.3 is 0 Å². The number of rotatable bonds is 4. The molecule has 1 aromatic carbocycles. The summed E-state index contributed by atoms with van der Waals surface area (Å²) in [6, 6.07) is 3.65. The Hall–Kier alpha value is -1.34. The molecule has 2 rings (SSSR count). The van der Waals surface area contributed by atoms with Gasteiger partial charge in [-0.15, -0.1) is 0 Å². The summed E-state index contributed by atoms with van der Waals surface area (Å²) in [5, 5.41) is 10.3. The second-order valence-corrected chi connectivity index (χ2v) is 6.20. The summed E-state index contributed by atoms with van der Waals surface area (Å²) in [6.45, 7) is 0. The number of sulfonamides is 1. The molecule has 1 aromatic rings. The smallest absolute Gasteiger partial charge is 0.273 e. The minimum Gasteiger partial charge on any atom is -0.283 e. The second-order valence-electron chi connectivity index (χ2n) is 3.80. The average molecular weight is 277 g/mol. The van der Waals surface area contributed by atoms with E-state index in [0.29, 0.717) is 12.8 Å². The van der Waals surface area contributed by atoms with Gasteiger partial charge in [0.05, 0.1) is 15.9 Å². The highest BCUT2D eigenvalue weighted by Crippen LogP contribution is 2.31. The lowest BCUT2D eigenvalue weighted by atomic mass is 10.3. The first-order valence-corrected chi connectivity index (χ1v) is 6.77. The molecule has 0 aliphatic heterocycles. The van der Waals surface area contributed by atoms with Gasteiger partial charge in [0.15, 0.2) is 0 Å². The summed E-state index contributed by atoms with van der Waals surface area (Å²) in [7, 11) is -3.43. The van der Waals surface area contributed by atoms with Crippen molar-refractivity contribution >= 4 is 33.0 Å². The zero-order valence-electron chi connectivity index (χ0n) is 8.59. The molecule has 8 heteroatoms. The SMILES string of the molecule is O=[N+]([O-])c1cc(Cl)cc(NS(=O)(=O)C2CC2)c1. The van der Waals surface area contributed by atoms with Crippen molar-refractivity contribution in [2.75, 3.05) is 4.72 Å². The molecule has 1 N–H and O–H groups in total. The van der Waals surface area contributed by atoms with E-state index in [4.69, 9.17) is 11.6 Å². The van der Waals surface area contributed by atoms with Gasteiger partial charge in [0.1, 0.15) is 0 Å². The maximum absolute atomic E-state index is 11.6. The van der Waals surface area contributed by atoms with Gasteiger partial charge in [-0.3, -0.25) is 14.8 Å². The Morgan fingerprint density at radius 3 is 2.53 bits per heavy atom. The lowest BCUT2D eigenvalue weighted by molar-refractivity contribution is -0.384. The molecule has 0 unspecified atom stereocenters. The molecule has 1 aliphatic carbocycles. The summed E-state index contributed by atoms with van der Waals surface area (Å²) in [4.78, 5) is 9.96. The maximum atomic E-state index is 11.6. The first kappa shape index (κ1) is 12.1. The van der Waals surface area contributed by atoms with E-state index in [1.54, 1.807) is 0 Å². The van der Waals surface area contributed by atoms with Crippen molar-refractivity contribution in [1.29, 1.82) is 0 Å². The highest BCUT2D eigenvalue weighted by atomic mass is 35.5. The van der Waals surface area contributed by atoms with Gasteiger partial charge in [-0.25, -0.2) is 8.42 Å². The highest BCUT2D eigenvalue weighted by molar-refractivity contribution is 7.93. The van der Waals surface area contributed by atoms with Crippen LogP contribution in [0.15, 0.2) is 18.2 Å². The third-order valence-corrected chi connectivity index (χ3v) is 4.40. The Morgan fingerprint density at radius 2 is 2.00 bits per heavy atom. The standard InChI is InChI=1S/C9H9ClN2O4S/c10-6-3-7(5-8(4-6)12(13)14)11-17(15,16)9-1-2-9/h3-5,9,11H,1-2H2. The Balaban J connectivity index is 2.29. The minimum absolute atomic E-state index is 0.118. The molecule has 17 heavy (non-hydrogen) atoms. The van der Waals surface area contributed by atoms with Crippen molar-refractivity contribution in [3.8, 4) is 0 Å². The number of nitro benzene ring substituents is 1. The highest BCUT2D eigenvalue weighted by Gasteiger charge is 2.35. The summed E-state index contributed by atoms with van der Waals surface area (Å²) in [5.41, 5.74) is -0.123. The zero-order chi connectivity index (χ0) is 12.6. The zero-order valence-corrected chi connectivity index (χ0v) is 10.2. The minimum atomic E-state index is -3.43. The summed E-state index contributed by atoms with van der Waals surface area (Å²) >= 11 is 5.68. The van der Waals surface area contributed by atoms with E-state index in [9.17, 15) is 18.5 Å². The van der Waals surface area contributed by atoms with E-state index in [1.165, 1.54) is 6.07 Å². The molecule has 92 valence electrons. The molecule has 0 radical (unpaired) electrons. The van der Waals surface area contributed by atoms with Crippen molar-refractivity contribution in [2.24, 2.45) is 0 Å². The molecular weight excluding hydrogens is 268 g/mol. The molecule has 1 aliphatic rings. The number of nitro groups is 1. The first-order chi connectivity index (χ1) is 7.88. The monoisotopic (exact) mass is 276 g/mol. The van der Waals surface area contributed by atoms with Crippen molar-refractivity contribution in [2.45, 2.75) is 18.1 Å². The van der Waals surface area contributed by atoms with E-state index in [-0.39, 0.29) is 21.6 Å². The van der Waals surface area contributed by atoms with E-state index in [2.05, 4.69) is 4.72 Å². The quantitative estimate of drug-likeness (QED) is 0.674. The molecular formula is C9H9ClN2O4S. The van der Waals surface area contributed by atoms with E-state index in [0.717, 1.165) is 12.1 Å². The first-order valence-electron chi connectivity index (χ1n) is 4.85. The normalized spacial score (nSPS) is 15.6. The van der Waals surface area contributed by atoms with Crippen LogP contribution >= 0.6 is 11.6 Å². The fourth-order valence-corrected chi connectivity index (χ4v) is 2.96. The molecule has 0 amide bonds. The Morgan fingerprint density at radius 1 is 1.35 bits per heavy atom. The number of nitrogens with one attached hydrogen (secondary N) is 1. The fraction of sp³-hybridized carbons (Fsp3) is 0.333. The summed E-state index contributed by atoms with van der Waals surface area (Å²) < 4.78 is 25.6. The predicted molar refractivity (Wildman–Crippen MR) is 63.7 cm³/mol. The molecule has 0 bridgehead atoms. The lowest BCUT2D eigenvalue weighted by Gasteiger charge is -2.06. The third kappa shape index (κ3) is 2.86. The molecule has 1 saturated carbocycles. The van der Waals surface area contributed by atoms with Crippen molar-refractivity contribution in [3.05, 3.63) is 33.3 Å². The number of benzene rings is 1. The molecule has 0 atom stereocenters. The predicted octanol–water partition coefficient (Wildman–Crippen LogP) is 2.15. The van der Waals surface area contributed by atoms with Gasteiger partial charge in [0.25, 0.3) is 5.69 Å². The Kier molecular flexibility index (Phi) is 2.96. The van der Waals surface area contributed by atoms with Crippen LogP contribution in [0.25, 0.3) is 0 Å². The summed E-state index contributed by atoms with van der Waals surface area (Å²) in [6.07, 6.45) is 1.25. The second kappa shape index (κ2) is 4.15. The van der Waals surface area contributed by atoms with Crippen LogP contribution in [0.1, 0.15) is 12.8 Å². The number of anilines is 1.